The molecule has 3 aromatic rings. The minimum Gasteiger partial charge on any atom is -0.508 e. The molecule has 4 N–H and O–H groups in total. The molecule has 1 aromatic heterocycles. The number of aliphatic imine (C=N–C) groups is 1. The number of imidazole rings is 1. The van der Waals surface area contributed by atoms with Gasteiger partial charge in [0.2, 0.25) is 5.96 Å². The molecule has 2 aromatic carbocycles. The molecule has 2 atom stereocenters. The van der Waals surface area contributed by atoms with Gasteiger partial charge in [0.05, 0.1) is 30.5 Å². The zero-order valence-electron chi connectivity index (χ0n) is 20.9. The van der Waals surface area contributed by atoms with Crippen LogP contribution in [0, 0.1) is 5.41 Å². The number of hydrogen-bond donors (Lipinski definition) is 4. The molecule has 0 amide bonds. The Morgan fingerprint density at radius 1 is 1.08 bits per heavy atom. The zero-order valence-corrected chi connectivity index (χ0v) is 20.9. The maximum atomic E-state index is 9.75. The van der Waals surface area contributed by atoms with Gasteiger partial charge >= 0.3 is 0 Å². The van der Waals surface area contributed by atoms with Gasteiger partial charge in [0.25, 0.3) is 0 Å². The van der Waals surface area contributed by atoms with E-state index < -0.39 is 0 Å². The van der Waals surface area contributed by atoms with Crippen LogP contribution in [-0.2, 0) is 6.54 Å². The summed E-state index contributed by atoms with van der Waals surface area (Å²) < 4.78 is 1.98. The molecule has 1 saturated heterocycles. The molecule has 0 radical (unpaired) electrons. The summed E-state index contributed by atoms with van der Waals surface area (Å²) in [6, 6.07) is 15.9. The van der Waals surface area contributed by atoms with Crippen LogP contribution < -0.4 is 10.6 Å². The predicted octanol–water partition coefficient (Wildman–Crippen LogP) is 3.90. The van der Waals surface area contributed by atoms with Crippen LogP contribution in [0.25, 0.3) is 5.69 Å². The first-order valence-electron chi connectivity index (χ1n) is 12.8. The number of phenols is 1. The molecule has 9 nitrogen and oxygen atoms in total. The summed E-state index contributed by atoms with van der Waals surface area (Å²) in [6.45, 7) is 1.18. The van der Waals surface area contributed by atoms with Crippen LogP contribution in [0.5, 0.6) is 5.75 Å². The monoisotopic (exact) mass is 496 g/mol. The number of aromatic hydroxyl groups is 1. The number of amidine groups is 1. The van der Waals surface area contributed by atoms with E-state index in [9.17, 15) is 10.5 Å². The first kappa shape index (κ1) is 23.1. The lowest BCUT2D eigenvalue weighted by molar-refractivity contribution is 0.293. The van der Waals surface area contributed by atoms with Crippen LogP contribution in [0.15, 0.2) is 83.6 Å². The Kier molecular flexibility index (Phi) is 6.04. The van der Waals surface area contributed by atoms with Crippen molar-refractivity contribution in [1.29, 1.82) is 5.41 Å². The number of nitrogens with one attached hydrogen (secondary N) is 3. The Balaban J connectivity index is 1.29. The van der Waals surface area contributed by atoms with Crippen LogP contribution in [0.4, 0.5) is 5.69 Å². The second kappa shape index (κ2) is 9.65. The topological polar surface area (TPSA) is 105 Å². The lowest BCUT2D eigenvalue weighted by Gasteiger charge is -2.40. The number of anilines is 1. The third kappa shape index (κ3) is 4.52. The Morgan fingerprint density at radius 3 is 2.62 bits per heavy atom. The summed E-state index contributed by atoms with van der Waals surface area (Å²) in [4.78, 5) is 13.4. The van der Waals surface area contributed by atoms with Gasteiger partial charge < -0.3 is 25.2 Å². The van der Waals surface area contributed by atoms with E-state index in [1.165, 1.54) is 12.8 Å². The summed E-state index contributed by atoms with van der Waals surface area (Å²) in [5.74, 6) is 2.44. The van der Waals surface area contributed by atoms with E-state index in [0.29, 0.717) is 18.9 Å². The largest absolute Gasteiger partial charge is 0.508 e. The maximum absolute atomic E-state index is 9.75. The van der Waals surface area contributed by atoms with Crippen LogP contribution in [0.2, 0.25) is 0 Å². The van der Waals surface area contributed by atoms with E-state index in [1.54, 1.807) is 24.7 Å². The number of guanidine groups is 1. The maximum Gasteiger partial charge on any atom is 0.203 e. The molecule has 37 heavy (non-hydrogen) atoms. The van der Waals surface area contributed by atoms with E-state index in [0.717, 1.165) is 47.1 Å². The molecule has 3 aliphatic rings. The molecule has 1 saturated carbocycles. The fraction of sp³-hybridized carbons (Fsp3) is 0.321. The molecule has 2 aliphatic heterocycles. The summed E-state index contributed by atoms with van der Waals surface area (Å²) >= 11 is 0. The molecule has 9 heteroatoms. The molecule has 190 valence electrons. The minimum atomic E-state index is 0.220. The number of likely N-dealkylation sites (N-methyl/N-ethyl adjacent to an activating group) is 1. The van der Waals surface area contributed by atoms with Gasteiger partial charge in [-0.15, -0.1) is 0 Å². The molecular formula is C28H32N8O. The van der Waals surface area contributed by atoms with Crippen molar-refractivity contribution in [3.8, 4) is 11.4 Å². The van der Waals surface area contributed by atoms with Crippen LogP contribution in [-0.4, -0.2) is 61.9 Å². The second-order valence-electron chi connectivity index (χ2n) is 9.94. The Labute approximate surface area is 216 Å². The summed E-state index contributed by atoms with van der Waals surface area (Å²) in [5, 5.41) is 26.1. The number of benzene rings is 2. The van der Waals surface area contributed by atoms with Crippen molar-refractivity contribution in [3.63, 3.8) is 0 Å². The number of rotatable bonds is 6. The number of hydrogen-bond acceptors (Lipinski definition) is 7. The fourth-order valence-electron chi connectivity index (χ4n) is 5.48. The Hall–Kier alpha value is -4.27. The average molecular weight is 497 g/mol. The minimum absolute atomic E-state index is 0.220. The van der Waals surface area contributed by atoms with E-state index in [2.05, 4.69) is 56.7 Å². The summed E-state index contributed by atoms with van der Waals surface area (Å²) in [7, 11) is 2.06. The standard InChI is InChI=1S/C28H32N8O/c1-34-17-23(26(29)36-25-5-3-2-4-24(25)33-28(34)36)27(32-20-8-12-22(37)13-9-20)31-16-19-6-10-21(11-7-19)35-15-14-30-18-35/h6-15,18,24-25,29,31-32,37H,2-5,16-17H2,1H3/b27-23+,29-26?/t24-,25+/m0/s1. The van der Waals surface area contributed by atoms with Gasteiger partial charge in [-0.2, -0.15) is 0 Å². The van der Waals surface area contributed by atoms with E-state index in [-0.39, 0.29) is 17.8 Å². The van der Waals surface area contributed by atoms with Crippen LogP contribution in [0.1, 0.15) is 31.2 Å². The van der Waals surface area contributed by atoms with Crippen molar-refractivity contribution >= 4 is 17.5 Å². The highest BCUT2D eigenvalue weighted by Gasteiger charge is 2.45. The highest BCUT2D eigenvalue weighted by atomic mass is 16.3. The summed E-state index contributed by atoms with van der Waals surface area (Å²) in [5.41, 5.74) is 3.92. The van der Waals surface area contributed by atoms with Gasteiger partial charge in [-0.3, -0.25) is 10.3 Å². The number of nitrogens with zero attached hydrogens (tertiary/aromatic N) is 5. The second-order valence-corrected chi connectivity index (χ2v) is 9.94. The van der Waals surface area contributed by atoms with Gasteiger partial charge in [0.15, 0.2) is 0 Å². The first-order valence-corrected chi connectivity index (χ1v) is 12.8. The Morgan fingerprint density at radius 2 is 1.86 bits per heavy atom. The van der Waals surface area contributed by atoms with Crippen LogP contribution >= 0.6 is 0 Å². The van der Waals surface area contributed by atoms with Crippen LogP contribution in [0.3, 0.4) is 0 Å². The number of aromatic nitrogens is 2. The SMILES string of the molecule is CN1C/C(=C(/NCc2ccc(-n3ccnc3)cc2)Nc2ccc(O)cc2)C(=N)N2C1=N[C@H]1CCCC[C@H]12. The van der Waals surface area contributed by atoms with Crippen molar-refractivity contribution in [2.45, 2.75) is 44.3 Å². The third-order valence-corrected chi connectivity index (χ3v) is 7.43. The highest BCUT2D eigenvalue weighted by Crippen LogP contribution is 2.35. The van der Waals surface area contributed by atoms with Crippen molar-refractivity contribution in [3.05, 3.63) is 84.2 Å². The quantitative estimate of drug-likeness (QED) is 0.386. The molecule has 6 rings (SSSR count). The Bertz CT molecular complexity index is 1330. The fourth-order valence-corrected chi connectivity index (χ4v) is 5.48. The van der Waals surface area contributed by atoms with Crippen molar-refractivity contribution < 1.29 is 5.11 Å². The molecule has 0 spiro atoms. The lowest BCUT2D eigenvalue weighted by atomic mass is 9.90. The van der Waals surface area contributed by atoms with Crippen molar-refractivity contribution in [2.75, 3.05) is 18.9 Å². The first-order chi connectivity index (χ1) is 18.1. The number of fused-ring (bicyclic) bond motifs is 3. The van der Waals surface area contributed by atoms with E-state index in [4.69, 9.17) is 4.99 Å². The van der Waals surface area contributed by atoms with Gasteiger partial charge in [-0.25, -0.2) is 9.98 Å². The smallest absolute Gasteiger partial charge is 0.203 e. The lowest BCUT2D eigenvalue weighted by Crippen LogP contribution is -2.55. The molecule has 2 fully saturated rings. The van der Waals surface area contributed by atoms with Gasteiger partial charge in [0, 0.05) is 37.4 Å². The van der Waals surface area contributed by atoms with E-state index in [1.807, 2.05) is 22.9 Å². The normalized spacial score (nSPS) is 22.3. The molecule has 0 bridgehead atoms. The van der Waals surface area contributed by atoms with Gasteiger partial charge in [-0.05, 0) is 54.8 Å². The predicted molar refractivity (Wildman–Crippen MR) is 145 cm³/mol. The van der Waals surface area contributed by atoms with Gasteiger partial charge in [0.1, 0.15) is 17.4 Å². The highest BCUT2D eigenvalue weighted by molar-refractivity contribution is 6.11. The van der Waals surface area contributed by atoms with Crippen molar-refractivity contribution in [1.82, 2.24) is 24.7 Å². The molecular weight excluding hydrogens is 464 g/mol. The number of phenolic OH excluding ortho intramolecular Hbond substituents is 1. The molecule has 3 heterocycles. The van der Waals surface area contributed by atoms with E-state index >= 15 is 0 Å². The third-order valence-electron chi connectivity index (χ3n) is 7.43. The average Bonchev–Trinajstić information content (AvgIpc) is 3.59. The molecule has 1 aliphatic carbocycles. The molecule has 0 unspecified atom stereocenters. The van der Waals surface area contributed by atoms with Crippen molar-refractivity contribution in [2.24, 2.45) is 4.99 Å². The van der Waals surface area contributed by atoms with Gasteiger partial charge in [-0.1, -0.05) is 25.0 Å². The zero-order chi connectivity index (χ0) is 25.4. The summed E-state index contributed by atoms with van der Waals surface area (Å²) in [6.07, 6.45) is 10.0.